The lowest BCUT2D eigenvalue weighted by Gasteiger charge is -2.24. The zero-order chi connectivity index (χ0) is 16.8. The molecule has 0 aromatic heterocycles. The quantitative estimate of drug-likeness (QED) is 0.803. The molecule has 0 spiro atoms. The summed E-state index contributed by atoms with van der Waals surface area (Å²) in [5.74, 6) is 0.753. The van der Waals surface area contributed by atoms with Gasteiger partial charge in [-0.2, -0.15) is 0 Å². The number of aryl methyl sites for hydroxylation is 2. The molecular formula is C20H25NO2. The zero-order valence-corrected chi connectivity index (χ0v) is 14.4. The number of amides is 1. The van der Waals surface area contributed by atoms with Gasteiger partial charge in [0.1, 0.15) is 5.75 Å². The molecule has 0 radical (unpaired) electrons. The molecule has 1 atom stereocenters. The Labute approximate surface area is 138 Å². The Bertz CT molecular complexity index is 649. The van der Waals surface area contributed by atoms with Crippen LogP contribution in [0.25, 0.3) is 0 Å². The van der Waals surface area contributed by atoms with Crippen LogP contribution in [0, 0.1) is 13.8 Å². The third-order valence-corrected chi connectivity index (χ3v) is 3.83. The minimum Gasteiger partial charge on any atom is -0.481 e. The second kappa shape index (κ2) is 7.82. The maximum absolute atomic E-state index is 12.6. The van der Waals surface area contributed by atoms with E-state index in [1.54, 1.807) is 4.90 Å². The third-order valence-electron chi connectivity index (χ3n) is 3.83. The highest BCUT2D eigenvalue weighted by molar-refractivity contribution is 5.81. The molecular weight excluding hydrogens is 286 g/mol. The summed E-state index contributed by atoms with van der Waals surface area (Å²) in [4.78, 5) is 14.4. The summed E-state index contributed by atoms with van der Waals surface area (Å²) in [6, 6.07) is 16.0. The summed E-state index contributed by atoms with van der Waals surface area (Å²) in [6.45, 7) is 6.63. The number of rotatable bonds is 6. The van der Waals surface area contributed by atoms with Crippen LogP contribution in [0.3, 0.4) is 0 Å². The number of hydrogen-bond donors (Lipinski definition) is 0. The van der Waals surface area contributed by atoms with Crippen molar-refractivity contribution in [2.24, 2.45) is 0 Å². The van der Waals surface area contributed by atoms with Gasteiger partial charge in [-0.3, -0.25) is 4.79 Å². The van der Waals surface area contributed by atoms with Crippen LogP contribution in [-0.4, -0.2) is 24.0 Å². The Balaban J connectivity index is 2.02. The molecule has 0 aliphatic carbocycles. The smallest absolute Gasteiger partial charge is 0.263 e. The summed E-state index contributed by atoms with van der Waals surface area (Å²) >= 11 is 0. The molecule has 3 nitrogen and oxygen atoms in total. The summed E-state index contributed by atoms with van der Waals surface area (Å²) in [7, 11) is 1.82. The van der Waals surface area contributed by atoms with Crippen LogP contribution < -0.4 is 4.74 Å². The molecule has 0 fully saturated rings. The molecule has 0 N–H and O–H groups in total. The Morgan fingerprint density at radius 3 is 2.39 bits per heavy atom. The van der Waals surface area contributed by atoms with Gasteiger partial charge in [0.25, 0.3) is 5.91 Å². The predicted molar refractivity (Wildman–Crippen MR) is 93.5 cm³/mol. The molecule has 0 saturated heterocycles. The molecule has 2 aromatic rings. The van der Waals surface area contributed by atoms with E-state index in [-0.39, 0.29) is 5.91 Å². The van der Waals surface area contributed by atoms with Crippen molar-refractivity contribution >= 4 is 5.91 Å². The van der Waals surface area contributed by atoms with Gasteiger partial charge in [-0.1, -0.05) is 48.9 Å². The summed E-state index contributed by atoms with van der Waals surface area (Å²) in [5, 5.41) is 0. The molecule has 0 heterocycles. The molecule has 0 saturated carbocycles. The van der Waals surface area contributed by atoms with E-state index in [1.807, 2.05) is 45.2 Å². The van der Waals surface area contributed by atoms with Gasteiger partial charge in [-0.05, 0) is 43.5 Å². The average Bonchev–Trinajstić information content (AvgIpc) is 2.54. The van der Waals surface area contributed by atoms with Crippen LogP contribution in [0.4, 0.5) is 0 Å². The number of nitrogens with zero attached hydrogens (tertiary/aromatic N) is 1. The van der Waals surface area contributed by atoms with Gasteiger partial charge in [0.05, 0.1) is 0 Å². The monoisotopic (exact) mass is 311 g/mol. The van der Waals surface area contributed by atoms with Crippen LogP contribution in [0.5, 0.6) is 5.75 Å². The molecule has 23 heavy (non-hydrogen) atoms. The van der Waals surface area contributed by atoms with Crippen LogP contribution in [0.15, 0.2) is 48.5 Å². The minimum atomic E-state index is -0.452. The number of carbonyl (C=O) groups is 1. The maximum Gasteiger partial charge on any atom is 0.263 e. The topological polar surface area (TPSA) is 29.5 Å². The van der Waals surface area contributed by atoms with Crippen molar-refractivity contribution < 1.29 is 9.53 Å². The first-order valence-corrected chi connectivity index (χ1v) is 8.03. The van der Waals surface area contributed by atoms with Crippen molar-refractivity contribution in [3.63, 3.8) is 0 Å². The van der Waals surface area contributed by atoms with Gasteiger partial charge in [0.15, 0.2) is 6.10 Å². The molecule has 0 aliphatic heterocycles. The Kier molecular flexibility index (Phi) is 5.80. The highest BCUT2D eigenvalue weighted by Gasteiger charge is 2.22. The minimum absolute atomic E-state index is 0.00887. The van der Waals surface area contributed by atoms with Gasteiger partial charge < -0.3 is 9.64 Å². The Hall–Kier alpha value is -2.29. The van der Waals surface area contributed by atoms with Crippen LogP contribution >= 0.6 is 0 Å². The Morgan fingerprint density at radius 2 is 1.78 bits per heavy atom. The first-order valence-electron chi connectivity index (χ1n) is 8.03. The Morgan fingerprint density at radius 1 is 1.09 bits per heavy atom. The normalized spacial score (nSPS) is 11.8. The highest BCUT2D eigenvalue weighted by Crippen LogP contribution is 2.17. The van der Waals surface area contributed by atoms with Gasteiger partial charge in [-0.25, -0.2) is 0 Å². The van der Waals surface area contributed by atoms with E-state index in [2.05, 4.69) is 31.2 Å². The molecule has 2 aromatic carbocycles. The van der Waals surface area contributed by atoms with Crippen LogP contribution in [0.1, 0.15) is 30.0 Å². The van der Waals surface area contributed by atoms with E-state index in [4.69, 9.17) is 4.74 Å². The lowest BCUT2D eigenvalue weighted by molar-refractivity contribution is -0.138. The van der Waals surface area contributed by atoms with Crippen molar-refractivity contribution in [3.8, 4) is 5.75 Å². The fraction of sp³-hybridized carbons (Fsp3) is 0.350. The lowest BCUT2D eigenvalue weighted by atomic mass is 10.1. The summed E-state index contributed by atoms with van der Waals surface area (Å²) in [6.07, 6.45) is 0.192. The summed E-state index contributed by atoms with van der Waals surface area (Å²) < 4.78 is 5.89. The van der Waals surface area contributed by atoms with Gasteiger partial charge in [0.2, 0.25) is 0 Å². The lowest BCUT2D eigenvalue weighted by Crippen LogP contribution is -2.39. The third kappa shape index (κ3) is 4.85. The largest absolute Gasteiger partial charge is 0.481 e. The fourth-order valence-electron chi connectivity index (χ4n) is 2.45. The van der Waals surface area contributed by atoms with Gasteiger partial charge in [0, 0.05) is 13.6 Å². The molecule has 0 aliphatic rings. The van der Waals surface area contributed by atoms with Crippen molar-refractivity contribution in [2.75, 3.05) is 7.05 Å². The molecule has 3 heteroatoms. The molecule has 122 valence electrons. The van der Waals surface area contributed by atoms with E-state index in [1.165, 1.54) is 5.56 Å². The maximum atomic E-state index is 12.6. The van der Waals surface area contributed by atoms with E-state index in [0.717, 1.165) is 16.9 Å². The van der Waals surface area contributed by atoms with E-state index >= 15 is 0 Å². The summed E-state index contributed by atoms with van der Waals surface area (Å²) in [5.41, 5.74) is 3.46. The number of likely N-dealkylation sites (N-methyl/N-ethyl adjacent to an activating group) is 1. The van der Waals surface area contributed by atoms with Gasteiger partial charge >= 0.3 is 0 Å². The predicted octanol–water partition coefficient (Wildman–Crippen LogP) is 4.12. The van der Waals surface area contributed by atoms with Crippen LogP contribution in [0.2, 0.25) is 0 Å². The van der Waals surface area contributed by atoms with Crippen molar-refractivity contribution in [3.05, 3.63) is 65.2 Å². The molecule has 1 unspecified atom stereocenters. The van der Waals surface area contributed by atoms with Crippen molar-refractivity contribution in [1.29, 1.82) is 0 Å². The fourth-order valence-corrected chi connectivity index (χ4v) is 2.45. The van der Waals surface area contributed by atoms with E-state index < -0.39 is 6.10 Å². The van der Waals surface area contributed by atoms with E-state index in [9.17, 15) is 4.79 Å². The number of benzene rings is 2. The van der Waals surface area contributed by atoms with Crippen LogP contribution in [-0.2, 0) is 11.3 Å². The average molecular weight is 311 g/mol. The first kappa shape index (κ1) is 17.1. The molecule has 2 rings (SSSR count). The standard InChI is InChI=1S/C20H25NO2/c1-5-19(23-18-8-6-7-16(3)13-18)20(22)21(4)14-17-11-9-15(2)10-12-17/h6-13,19H,5,14H2,1-4H3. The van der Waals surface area contributed by atoms with Gasteiger partial charge in [-0.15, -0.1) is 0 Å². The number of carbonyl (C=O) groups excluding carboxylic acids is 1. The number of hydrogen-bond acceptors (Lipinski definition) is 2. The SMILES string of the molecule is CCC(Oc1cccc(C)c1)C(=O)N(C)Cc1ccc(C)cc1. The molecule has 1 amide bonds. The van der Waals surface area contributed by atoms with Crippen molar-refractivity contribution in [1.82, 2.24) is 4.90 Å². The van der Waals surface area contributed by atoms with Crippen molar-refractivity contribution in [2.45, 2.75) is 39.8 Å². The molecule has 0 bridgehead atoms. The zero-order valence-electron chi connectivity index (χ0n) is 14.4. The number of ether oxygens (including phenoxy) is 1. The second-order valence-electron chi connectivity index (χ2n) is 6.01. The highest BCUT2D eigenvalue weighted by atomic mass is 16.5. The second-order valence-corrected chi connectivity index (χ2v) is 6.01. The first-order chi connectivity index (χ1) is 11.0. The van der Waals surface area contributed by atoms with E-state index in [0.29, 0.717) is 13.0 Å².